The van der Waals surface area contributed by atoms with Crippen molar-refractivity contribution in [2.45, 2.75) is 27.2 Å². The molecule has 0 aliphatic heterocycles. The molecule has 0 aliphatic carbocycles. The highest BCUT2D eigenvalue weighted by atomic mass is 16.5. The molecule has 1 N–H and O–H groups in total. The third-order valence-corrected chi connectivity index (χ3v) is 3.58. The summed E-state index contributed by atoms with van der Waals surface area (Å²) in [4.78, 5) is 11.9. The fraction of sp³-hybridized carbons (Fsp3) is 0.333. The molecule has 0 spiro atoms. The van der Waals surface area contributed by atoms with Crippen molar-refractivity contribution in [3.63, 3.8) is 0 Å². The molecule has 27 heavy (non-hydrogen) atoms. The summed E-state index contributed by atoms with van der Waals surface area (Å²) in [6.07, 6.45) is 2.48. The number of para-hydroxylation sites is 1. The Morgan fingerprint density at radius 3 is 2.59 bits per heavy atom. The summed E-state index contributed by atoms with van der Waals surface area (Å²) in [5, 5.41) is 3.97. The van der Waals surface area contributed by atoms with Gasteiger partial charge in [-0.25, -0.2) is 5.43 Å². The van der Waals surface area contributed by atoms with Crippen LogP contribution in [0, 0.1) is 6.92 Å². The van der Waals surface area contributed by atoms with Crippen LogP contribution in [0.25, 0.3) is 0 Å². The normalized spacial score (nSPS) is 10.6. The van der Waals surface area contributed by atoms with E-state index < -0.39 is 0 Å². The third-order valence-electron chi connectivity index (χ3n) is 3.58. The van der Waals surface area contributed by atoms with Crippen LogP contribution in [-0.2, 0) is 4.79 Å². The van der Waals surface area contributed by atoms with Crippen LogP contribution < -0.4 is 19.6 Å². The largest absolute Gasteiger partial charge is 0.490 e. The van der Waals surface area contributed by atoms with E-state index in [4.69, 9.17) is 14.2 Å². The van der Waals surface area contributed by atoms with Crippen molar-refractivity contribution in [1.82, 2.24) is 5.43 Å². The molecule has 1 amide bonds. The quantitative estimate of drug-likeness (QED) is 0.511. The van der Waals surface area contributed by atoms with E-state index in [1.165, 1.54) is 0 Å². The first-order chi connectivity index (χ1) is 13.1. The summed E-state index contributed by atoms with van der Waals surface area (Å²) in [6, 6.07) is 13.1. The molecule has 0 atom stereocenters. The van der Waals surface area contributed by atoms with Gasteiger partial charge in [0.15, 0.2) is 18.1 Å². The summed E-state index contributed by atoms with van der Waals surface area (Å²) in [5.74, 6) is 1.71. The highest BCUT2D eigenvalue weighted by Gasteiger charge is 2.06. The number of hydrogen-bond acceptors (Lipinski definition) is 5. The average molecular weight is 370 g/mol. The summed E-state index contributed by atoms with van der Waals surface area (Å²) in [5.41, 5.74) is 4.22. The molecule has 2 aromatic carbocycles. The molecule has 2 rings (SSSR count). The molecule has 144 valence electrons. The number of hydrazone groups is 1. The topological polar surface area (TPSA) is 69.2 Å². The zero-order chi connectivity index (χ0) is 19.5. The lowest BCUT2D eigenvalue weighted by Gasteiger charge is -2.11. The first kappa shape index (κ1) is 20.3. The molecule has 2 aromatic rings. The predicted molar refractivity (Wildman–Crippen MR) is 106 cm³/mol. The standard InChI is InChI=1S/C21H26N2O4/c1-4-12-26-19-11-10-17(13-20(19)25-5-2)14-22-23-21(24)15-27-18-9-7-6-8-16(18)3/h6-11,13-14H,4-5,12,15H2,1-3H3,(H,23,24)/b22-14-. The van der Waals surface area contributed by atoms with Gasteiger partial charge in [-0.3, -0.25) is 4.79 Å². The van der Waals surface area contributed by atoms with Crippen LogP contribution in [0.15, 0.2) is 47.6 Å². The average Bonchev–Trinajstić information content (AvgIpc) is 2.67. The first-order valence-electron chi connectivity index (χ1n) is 9.04. The number of carbonyl (C=O) groups excluding carboxylic acids is 1. The Morgan fingerprint density at radius 1 is 1.04 bits per heavy atom. The second-order valence-corrected chi connectivity index (χ2v) is 5.83. The van der Waals surface area contributed by atoms with Gasteiger partial charge < -0.3 is 14.2 Å². The van der Waals surface area contributed by atoms with E-state index in [9.17, 15) is 4.79 Å². The van der Waals surface area contributed by atoms with Gasteiger partial charge in [-0.1, -0.05) is 25.1 Å². The number of amides is 1. The number of benzene rings is 2. The molecule has 0 bridgehead atoms. The van der Waals surface area contributed by atoms with Gasteiger partial charge in [-0.05, 0) is 55.7 Å². The van der Waals surface area contributed by atoms with Gasteiger partial charge in [0.25, 0.3) is 5.91 Å². The zero-order valence-electron chi connectivity index (χ0n) is 16.0. The molecule has 0 fully saturated rings. The third kappa shape index (κ3) is 6.66. The van der Waals surface area contributed by atoms with E-state index in [0.29, 0.717) is 30.5 Å². The molecular weight excluding hydrogens is 344 g/mol. The van der Waals surface area contributed by atoms with Gasteiger partial charge in [-0.2, -0.15) is 5.10 Å². The summed E-state index contributed by atoms with van der Waals surface area (Å²) in [7, 11) is 0. The van der Waals surface area contributed by atoms with Crippen LogP contribution in [0.1, 0.15) is 31.4 Å². The van der Waals surface area contributed by atoms with Crippen LogP contribution in [-0.4, -0.2) is 31.9 Å². The van der Waals surface area contributed by atoms with Crippen LogP contribution in [0.3, 0.4) is 0 Å². The Hall–Kier alpha value is -3.02. The number of aryl methyl sites for hydroxylation is 1. The minimum absolute atomic E-state index is 0.101. The minimum atomic E-state index is -0.331. The SMILES string of the molecule is CCCOc1ccc(/C=N\NC(=O)COc2ccccc2C)cc1OCC. The molecule has 0 saturated heterocycles. The lowest BCUT2D eigenvalue weighted by Crippen LogP contribution is -2.24. The van der Waals surface area contributed by atoms with E-state index in [0.717, 1.165) is 17.5 Å². The maximum atomic E-state index is 11.9. The van der Waals surface area contributed by atoms with E-state index in [1.54, 1.807) is 6.21 Å². The first-order valence-corrected chi connectivity index (χ1v) is 9.04. The molecule has 0 radical (unpaired) electrons. The molecule has 0 heterocycles. The Balaban J connectivity index is 1.90. The molecule has 0 aliphatic rings. The van der Waals surface area contributed by atoms with Gasteiger partial charge >= 0.3 is 0 Å². The van der Waals surface area contributed by atoms with Crippen LogP contribution in [0.5, 0.6) is 17.2 Å². The van der Waals surface area contributed by atoms with Crippen molar-refractivity contribution >= 4 is 12.1 Å². The number of nitrogens with one attached hydrogen (secondary N) is 1. The Morgan fingerprint density at radius 2 is 1.85 bits per heavy atom. The van der Waals surface area contributed by atoms with Crippen LogP contribution >= 0.6 is 0 Å². The van der Waals surface area contributed by atoms with Gasteiger partial charge in [0.1, 0.15) is 5.75 Å². The van der Waals surface area contributed by atoms with Gasteiger partial charge in [-0.15, -0.1) is 0 Å². The van der Waals surface area contributed by atoms with Crippen molar-refractivity contribution in [3.8, 4) is 17.2 Å². The summed E-state index contributed by atoms with van der Waals surface area (Å²) >= 11 is 0. The minimum Gasteiger partial charge on any atom is -0.490 e. The predicted octanol–water partition coefficient (Wildman–Crippen LogP) is 3.71. The summed E-state index contributed by atoms with van der Waals surface area (Å²) < 4.78 is 16.8. The Labute approximate surface area is 160 Å². The second-order valence-electron chi connectivity index (χ2n) is 5.83. The molecular formula is C21H26N2O4. The van der Waals surface area contributed by atoms with Crippen molar-refractivity contribution in [3.05, 3.63) is 53.6 Å². The molecule has 0 aromatic heterocycles. The highest BCUT2D eigenvalue weighted by molar-refractivity contribution is 5.83. The van der Waals surface area contributed by atoms with Crippen molar-refractivity contribution < 1.29 is 19.0 Å². The van der Waals surface area contributed by atoms with Crippen molar-refractivity contribution in [1.29, 1.82) is 0 Å². The number of ether oxygens (including phenoxy) is 3. The molecule has 6 nitrogen and oxygen atoms in total. The zero-order valence-corrected chi connectivity index (χ0v) is 16.0. The van der Waals surface area contributed by atoms with E-state index in [1.807, 2.05) is 63.2 Å². The number of carbonyl (C=O) groups is 1. The number of hydrogen-bond donors (Lipinski definition) is 1. The van der Waals surface area contributed by atoms with Crippen molar-refractivity contribution in [2.24, 2.45) is 5.10 Å². The van der Waals surface area contributed by atoms with Gasteiger partial charge in [0, 0.05) is 0 Å². The molecule has 6 heteroatoms. The molecule has 0 unspecified atom stereocenters. The number of rotatable bonds is 10. The van der Waals surface area contributed by atoms with Gasteiger partial charge in [0.2, 0.25) is 0 Å². The van der Waals surface area contributed by atoms with Gasteiger partial charge in [0.05, 0.1) is 19.4 Å². The maximum Gasteiger partial charge on any atom is 0.277 e. The lowest BCUT2D eigenvalue weighted by atomic mass is 10.2. The monoisotopic (exact) mass is 370 g/mol. The molecule has 0 saturated carbocycles. The fourth-order valence-corrected chi connectivity index (χ4v) is 2.28. The Kier molecular flexibility index (Phi) is 8.16. The number of nitrogens with zero attached hydrogens (tertiary/aromatic N) is 1. The smallest absolute Gasteiger partial charge is 0.277 e. The second kappa shape index (κ2) is 10.9. The van der Waals surface area contributed by atoms with Crippen LogP contribution in [0.2, 0.25) is 0 Å². The van der Waals surface area contributed by atoms with Crippen molar-refractivity contribution in [2.75, 3.05) is 19.8 Å². The summed E-state index contributed by atoms with van der Waals surface area (Å²) in [6.45, 7) is 6.96. The highest BCUT2D eigenvalue weighted by Crippen LogP contribution is 2.28. The Bertz CT molecular complexity index is 775. The lowest BCUT2D eigenvalue weighted by molar-refractivity contribution is -0.123. The van der Waals surface area contributed by atoms with E-state index in [-0.39, 0.29) is 12.5 Å². The van der Waals surface area contributed by atoms with Crippen LogP contribution in [0.4, 0.5) is 0 Å². The maximum absolute atomic E-state index is 11.9. The fourth-order valence-electron chi connectivity index (χ4n) is 2.28. The van der Waals surface area contributed by atoms with E-state index >= 15 is 0 Å². The van der Waals surface area contributed by atoms with E-state index in [2.05, 4.69) is 10.5 Å².